The Morgan fingerprint density at radius 1 is 1.33 bits per heavy atom. The monoisotopic (exact) mass is 287 g/mol. The number of hydrogen-bond acceptors (Lipinski definition) is 5. The fraction of sp³-hybridized carbons (Fsp3) is 0.231. The normalized spacial score (nSPS) is 10.8. The Morgan fingerprint density at radius 3 is 3.00 bits per heavy atom. The lowest BCUT2D eigenvalue weighted by Crippen LogP contribution is -2.09. The van der Waals surface area contributed by atoms with E-state index in [1.807, 2.05) is 17.7 Å². The molecule has 0 fully saturated rings. The molecule has 0 amide bonds. The average Bonchev–Trinajstić information content (AvgIpc) is 3.17. The van der Waals surface area contributed by atoms with E-state index in [2.05, 4.69) is 25.8 Å². The molecule has 1 aromatic carbocycles. The molecular formula is C13H14FN7. The van der Waals surface area contributed by atoms with E-state index in [0.29, 0.717) is 17.9 Å². The third-order valence-electron chi connectivity index (χ3n) is 3.14. The summed E-state index contributed by atoms with van der Waals surface area (Å²) in [4.78, 5) is 4.24. The largest absolute Gasteiger partial charge is 0.375 e. The lowest BCUT2D eigenvalue weighted by atomic mass is 10.2. The van der Waals surface area contributed by atoms with Gasteiger partial charge < -0.3 is 9.88 Å². The van der Waals surface area contributed by atoms with Crippen molar-refractivity contribution in [3.05, 3.63) is 48.6 Å². The third-order valence-corrected chi connectivity index (χ3v) is 3.14. The Kier molecular flexibility index (Phi) is 3.59. The first-order valence-electron chi connectivity index (χ1n) is 6.54. The van der Waals surface area contributed by atoms with Crippen molar-refractivity contribution in [3.63, 3.8) is 0 Å². The minimum atomic E-state index is -0.332. The first-order valence-corrected chi connectivity index (χ1v) is 6.54. The van der Waals surface area contributed by atoms with E-state index in [0.717, 1.165) is 12.4 Å². The second-order valence-electron chi connectivity index (χ2n) is 4.40. The zero-order chi connectivity index (χ0) is 14.7. The zero-order valence-corrected chi connectivity index (χ0v) is 11.4. The van der Waals surface area contributed by atoms with Crippen LogP contribution in [-0.4, -0.2) is 29.8 Å². The van der Waals surface area contributed by atoms with Crippen molar-refractivity contribution < 1.29 is 4.39 Å². The van der Waals surface area contributed by atoms with Gasteiger partial charge >= 0.3 is 0 Å². The molecule has 0 saturated heterocycles. The molecule has 0 radical (unpaired) electrons. The molecule has 8 heteroatoms. The molecule has 7 nitrogen and oxygen atoms in total. The highest BCUT2D eigenvalue weighted by Crippen LogP contribution is 2.18. The Hall–Kier alpha value is -2.77. The fourth-order valence-corrected chi connectivity index (χ4v) is 2.04. The lowest BCUT2D eigenvalue weighted by molar-refractivity contribution is 0.627. The molecule has 2 aromatic heterocycles. The maximum absolute atomic E-state index is 13.9. The predicted octanol–water partition coefficient (Wildman–Crippen LogP) is 1.63. The Labute approximate surface area is 120 Å². The van der Waals surface area contributed by atoms with Crippen LogP contribution < -0.4 is 5.32 Å². The molecule has 0 aliphatic carbocycles. The number of hydrogen-bond donors (Lipinski definition) is 1. The van der Waals surface area contributed by atoms with Gasteiger partial charge in [-0.3, -0.25) is 0 Å². The third kappa shape index (κ3) is 2.73. The van der Waals surface area contributed by atoms with E-state index >= 15 is 0 Å². The highest BCUT2D eigenvalue weighted by Gasteiger charge is 2.07. The van der Waals surface area contributed by atoms with E-state index in [1.54, 1.807) is 18.3 Å². The van der Waals surface area contributed by atoms with Crippen LogP contribution in [-0.2, 0) is 13.1 Å². The van der Waals surface area contributed by atoms with Gasteiger partial charge in [-0.2, -0.15) is 0 Å². The summed E-state index contributed by atoms with van der Waals surface area (Å²) in [6.45, 7) is 3.30. The topological polar surface area (TPSA) is 73.5 Å². The molecular weight excluding hydrogens is 273 g/mol. The van der Waals surface area contributed by atoms with E-state index < -0.39 is 0 Å². The maximum Gasteiger partial charge on any atom is 0.146 e. The van der Waals surface area contributed by atoms with Gasteiger partial charge in [-0.25, -0.2) is 14.1 Å². The van der Waals surface area contributed by atoms with Gasteiger partial charge in [0.05, 0.1) is 17.9 Å². The molecule has 0 bridgehead atoms. The van der Waals surface area contributed by atoms with Crippen LogP contribution in [0.25, 0.3) is 5.69 Å². The maximum atomic E-state index is 13.9. The van der Waals surface area contributed by atoms with Gasteiger partial charge in [-0.05, 0) is 35.5 Å². The fourth-order valence-electron chi connectivity index (χ4n) is 2.04. The number of imidazole rings is 1. The zero-order valence-electron chi connectivity index (χ0n) is 11.4. The van der Waals surface area contributed by atoms with Crippen molar-refractivity contribution in [2.75, 3.05) is 5.32 Å². The van der Waals surface area contributed by atoms with E-state index in [9.17, 15) is 4.39 Å². The Balaban J connectivity index is 1.80. The molecule has 0 saturated carbocycles. The van der Waals surface area contributed by atoms with Crippen LogP contribution in [0.4, 0.5) is 10.1 Å². The molecule has 0 spiro atoms. The first-order chi connectivity index (χ1) is 10.3. The Morgan fingerprint density at radius 2 is 2.24 bits per heavy atom. The molecule has 0 aliphatic rings. The quantitative estimate of drug-likeness (QED) is 0.772. The molecule has 2 heterocycles. The van der Waals surface area contributed by atoms with Gasteiger partial charge in [0.1, 0.15) is 18.0 Å². The van der Waals surface area contributed by atoms with Gasteiger partial charge in [0.25, 0.3) is 0 Å². The second kappa shape index (κ2) is 5.70. The van der Waals surface area contributed by atoms with E-state index in [4.69, 9.17) is 0 Å². The summed E-state index contributed by atoms with van der Waals surface area (Å²) in [5.41, 5.74) is 1.07. The van der Waals surface area contributed by atoms with Crippen molar-refractivity contribution in [1.29, 1.82) is 0 Å². The standard InChI is InChI=1S/C13H14FN7/c1-2-20-6-5-15-13(20)8-16-12-7-10(3-4-11(12)14)21-9-17-18-19-21/h3-7,9,16H,2,8H2,1H3. The van der Waals surface area contributed by atoms with Crippen LogP contribution in [0.1, 0.15) is 12.7 Å². The molecule has 3 rings (SSSR count). The van der Waals surface area contributed by atoms with E-state index in [1.165, 1.54) is 17.1 Å². The van der Waals surface area contributed by atoms with Gasteiger partial charge in [-0.1, -0.05) is 0 Å². The number of aromatic nitrogens is 6. The van der Waals surface area contributed by atoms with Crippen molar-refractivity contribution in [2.45, 2.75) is 20.0 Å². The van der Waals surface area contributed by atoms with Crippen LogP contribution in [0.15, 0.2) is 36.9 Å². The number of aryl methyl sites for hydroxylation is 1. The Bertz CT molecular complexity index is 720. The second-order valence-corrected chi connectivity index (χ2v) is 4.40. The summed E-state index contributed by atoms with van der Waals surface area (Å²) >= 11 is 0. The molecule has 1 N–H and O–H groups in total. The van der Waals surface area contributed by atoms with Crippen LogP contribution in [0.3, 0.4) is 0 Å². The average molecular weight is 287 g/mol. The van der Waals surface area contributed by atoms with Crippen molar-refractivity contribution in [3.8, 4) is 5.69 Å². The SMILES string of the molecule is CCn1ccnc1CNc1cc(-n2cnnn2)ccc1F. The van der Waals surface area contributed by atoms with Crippen LogP contribution in [0, 0.1) is 5.82 Å². The molecule has 0 unspecified atom stereocenters. The molecule has 21 heavy (non-hydrogen) atoms. The molecule has 3 aromatic rings. The number of benzene rings is 1. The van der Waals surface area contributed by atoms with Crippen molar-refractivity contribution in [2.24, 2.45) is 0 Å². The highest BCUT2D eigenvalue weighted by molar-refractivity contribution is 5.52. The minimum absolute atomic E-state index is 0.332. The summed E-state index contributed by atoms with van der Waals surface area (Å²) in [5, 5.41) is 14.0. The highest BCUT2D eigenvalue weighted by atomic mass is 19.1. The number of halogens is 1. The molecule has 0 atom stereocenters. The van der Waals surface area contributed by atoms with E-state index in [-0.39, 0.29) is 5.82 Å². The minimum Gasteiger partial charge on any atom is -0.375 e. The smallest absolute Gasteiger partial charge is 0.146 e. The number of tetrazole rings is 1. The summed E-state index contributed by atoms with van der Waals surface area (Å²) in [5.74, 6) is 0.520. The van der Waals surface area contributed by atoms with Gasteiger partial charge in [0.2, 0.25) is 0 Å². The van der Waals surface area contributed by atoms with Crippen LogP contribution in [0.2, 0.25) is 0 Å². The first kappa shape index (κ1) is 13.2. The summed E-state index contributed by atoms with van der Waals surface area (Å²) in [7, 11) is 0. The summed E-state index contributed by atoms with van der Waals surface area (Å²) < 4.78 is 17.3. The summed E-state index contributed by atoms with van der Waals surface area (Å²) in [6.07, 6.45) is 5.08. The van der Waals surface area contributed by atoms with Crippen LogP contribution >= 0.6 is 0 Å². The number of nitrogens with one attached hydrogen (secondary N) is 1. The van der Waals surface area contributed by atoms with Gasteiger partial charge in [0.15, 0.2) is 0 Å². The van der Waals surface area contributed by atoms with Crippen LogP contribution in [0.5, 0.6) is 0 Å². The molecule has 108 valence electrons. The number of rotatable bonds is 5. The lowest BCUT2D eigenvalue weighted by Gasteiger charge is -2.10. The number of anilines is 1. The van der Waals surface area contributed by atoms with Crippen molar-refractivity contribution in [1.82, 2.24) is 29.8 Å². The van der Waals surface area contributed by atoms with Gasteiger partial charge in [0, 0.05) is 18.9 Å². The number of nitrogens with zero attached hydrogens (tertiary/aromatic N) is 6. The van der Waals surface area contributed by atoms with Gasteiger partial charge in [-0.15, -0.1) is 5.10 Å². The molecule has 0 aliphatic heterocycles. The summed E-state index contributed by atoms with van der Waals surface area (Å²) in [6, 6.07) is 4.65. The predicted molar refractivity (Wildman–Crippen MR) is 74.3 cm³/mol. The van der Waals surface area contributed by atoms with Crippen molar-refractivity contribution >= 4 is 5.69 Å².